The Morgan fingerprint density at radius 3 is 2.83 bits per heavy atom. The molecule has 23 heavy (non-hydrogen) atoms. The highest BCUT2D eigenvalue weighted by Crippen LogP contribution is 2.28. The lowest BCUT2D eigenvalue weighted by Gasteiger charge is -2.07. The molecule has 0 amide bonds. The maximum Gasteiger partial charge on any atom is 0.341 e. The maximum atomic E-state index is 10.7. The van der Waals surface area contributed by atoms with Gasteiger partial charge in [-0.25, -0.2) is 9.78 Å². The van der Waals surface area contributed by atoms with Crippen molar-refractivity contribution in [1.82, 2.24) is 4.98 Å². The fraction of sp³-hybridized carbons (Fsp3) is 0.235. The molecule has 0 aliphatic heterocycles. The molecule has 0 spiro atoms. The molecule has 1 aromatic carbocycles. The summed E-state index contributed by atoms with van der Waals surface area (Å²) in [6.07, 6.45) is 2.49. The van der Waals surface area contributed by atoms with Gasteiger partial charge in [0.15, 0.2) is 6.61 Å². The highest BCUT2D eigenvalue weighted by Gasteiger charge is 2.12. The van der Waals surface area contributed by atoms with E-state index in [1.54, 1.807) is 30.3 Å². The molecule has 1 N–H and O–H groups in total. The predicted molar refractivity (Wildman–Crippen MR) is 89.3 cm³/mol. The van der Waals surface area contributed by atoms with E-state index in [0.29, 0.717) is 21.9 Å². The number of nitriles is 1. The van der Waals surface area contributed by atoms with Crippen molar-refractivity contribution in [2.45, 2.75) is 20.3 Å². The number of aryl methyl sites for hydroxylation is 2. The van der Waals surface area contributed by atoms with E-state index in [1.165, 1.54) is 11.3 Å². The molecule has 1 heterocycles. The number of carboxylic acids is 1. The predicted octanol–water partition coefficient (Wildman–Crippen LogP) is 3.54. The summed E-state index contributed by atoms with van der Waals surface area (Å²) in [6, 6.07) is 9.17. The minimum atomic E-state index is -1.05. The summed E-state index contributed by atoms with van der Waals surface area (Å²) in [5.41, 5.74) is 2.07. The summed E-state index contributed by atoms with van der Waals surface area (Å²) in [5, 5.41) is 18.8. The number of carboxylic acid groups (broad SMARTS) is 1. The summed E-state index contributed by atoms with van der Waals surface area (Å²) in [4.78, 5) is 16.2. The second kappa shape index (κ2) is 7.56. The number of hydrogen-bond acceptors (Lipinski definition) is 5. The number of benzene rings is 1. The van der Waals surface area contributed by atoms with E-state index in [-0.39, 0.29) is 0 Å². The summed E-state index contributed by atoms with van der Waals surface area (Å²) < 4.78 is 5.26. The Kier molecular flexibility index (Phi) is 5.50. The molecule has 0 fully saturated rings. The molecular formula is C17H16N2O3S. The average Bonchev–Trinajstić information content (AvgIpc) is 2.92. The third kappa shape index (κ3) is 4.18. The van der Waals surface area contributed by atoms with Crippen molar-refractivity contribution in [2.75, 3.05) is 6.61 Å². The molecule has 5 nitrogen and oxygen atoms in total. The zero-order valence-corrected chi connectivity index (χ0v) is 13.7. The van der Waals surface area contributed by atoms with E-state index in [0.717, 1.165) is 17.0 Å². The Morgan fingerprint density at radius 2 is 2.22 bits per heavy atom. The second-order valence-corrected chi connectivity index (χ2v) is 5.97. The molecular weight excluding hydrogens is 312 g/mol. The lowest BCUT2D eigenvalue weighted by Crippen LogP contribution is -2.09. The zero-order chi connectivity index (χ0) is 16.8. The summed E-state index contributed by atoms with van der Waals surface area (Å²) in [7, 11) is 0. The van der Waals surface area contributed by atoms with Gasteiger partial charge < -0.3 is 9.84 Å². The van der Waals surface area contributed by atoms with Crippen molar-refractivity contribution < 1.29 is 14.6 Å². The number of carbonyl (C=O) groups is 1. The van der Waals surface area contributed by atoms with Crippen LogP contribution in [0, 0.1) is 18.3 Å². The van der Waals surface area contributed by atoms with Crippen LogP contribution >= 0.6 is 11.3 Å². The lowest BCUT2D eigenvalue weighted by molar-refractivity contribution is -0.139. The molecule has 118 valence electrons. The number of aromatic nitrogens is 1. The topological polar surface area (TPSA) is 83.2 Å². The first-order valence-corrected chi connectivity index (χ1v) is 7.89. The average molecular weight is 328 g/mol. The number of thiazole rings is 1. The highest BCUT2D eigenvalue weighted by atomic mass is 32.1. The van der Waals surface area contributed by atoms with Crippen molar-refractivity contribution in [1.29, 1.82) is 5.26 Å². The molecule has 2 aromatic rings. The second-order valence-electron chi connectivity index (χ2n) is 4.77. The van der Waals surface area contributed by atoms with Crippen molar-refractivity contribution in [3.63, 3.8) is 0 Å². The fourth-order valence-electron chi connectivity index (χ4n) is 2.04. The molecule has 6 heteroatoms. The van der Waals surface area contributed by atoms with Gasteiger partial charge in [0.2, 0.25) is 0 Å². The van der Waals surface area contributed by atoms with Crippen molar-refractivity contribution in [3.05, 3.63) is 45.4 Å². The van der Waals surface area contributed by atoms with Gasteiger partial charge in [0, 0.05) is 10.4 Å². The number of rotatable bonds is 6. The first-order chi connectivity index (χ1) is 11.0. The standard InChI is InChI=1S/C17H16N2O3S/c1-3-14-11(2)23-17(19-14)13(9-18)8-12-6-4-5-7-15(12)22-10-16(20)21/h4-8H,3,10H2,1-2H3,(H,20,21)/b13-8-. The maximum absolute atomic E-state index is 10.7. The van der Waals surface area contributed by atoms with Crippen LogP contribution in [0.1, 0.15) is 28.1 Å². The van der Waals surface area contributed by atoms with Crippen LogP contribution in [-0.4, -0.2) is 22.7 Å². The van der Waals surface area contributed by atoms with E-state index in [2.05, 4.69) is 11.1 Å². The third-order valence-corrected chi connectivity index (χ3v) is 4.19. The molecule has 0 atom stereocenters. The van der Waals surface area contributed by atoms with Crippen molar-refractivity contribution in [2.24, 2.45) is 0 Å². The molecule has 0 aliphatic rings. The first-order valence-electron chi connectivity index (χ1n) is 7.07. The summed E-state index contributed by atoms with van der Waals surface area (Å²) in [6.45, 7) is 3.58. The number of para-hydroxylation sites is 1. The monoisotopic (exact) mass is 328 g/mol. The summed E-state index contributed by atoms with van der Waals surface area (Å²) >= 11 is 1.48. The highest BCUT2D eigenvalue weighted by molar-refractivity contribution is 7.12. The van der Waals surface area contributed by atoms with Crippen LogP contribution in [0.5, 0.6) is 5.75 Å². The molecule has 1 aromatic heterocycles. The van der Waals surface area contributed by atoms with E-state index < -0.39 is 12.6 Å². The van der Waals surface area contributed by atoms with Crippen LogP contribution in [0.4, 0.5) is 0 Å². The molecule has 0 bridgehead atoms. The molecule has 0 aliphatic carbocycles. The van der Waals surface area contributed by atoms with Gasteiger partial charge in [-0.2, -0.15) is 5.26 Å². The van der Waals surface area contributed by atoms with Gasteiger partial charge in [-0.1, -0.05) is 25.1 Å². The van der Waals surface area contributed by atoms with Gasteiger partial charge >= 0.3 is 5.97 Å². The number of hydrogen-bond donors (Lipinski definition) is 1. The van der Waals surface area contributed by atoms with Crippen LogP contribution in [0.3, 0.4) is 0 Å². The Morgan fingerprint density at radius 1 is 1.48 bits per heavy atom. The molecule has 0 saturated heterocycles. The number of nitrogens with zero attached hydrogens (tertiary/aromatic N) is 2. The van der Waals surface area contributed by atoms with Crippen LogP contribution in [-0.2, 0) is 11.2 Å². The SMILES string of the molecule is CCc1nc(/C(C#N)=C\c2ccccc2OCC(=O)O)sc1C. The molecule has 0 radical (unpaired) electrons. The summed E-state index contributed by atoms with van der Waals surface area (Å²) in [5.74, 6) is -0.626. The number of aliphatic carboxylic acids is 1. The van der Waals surface area contributed by atoms with E-state index in [4.69, 9.17) is 9.84 Å². The number of allylic oxidation sites excluding steroid dienone is 1. The Balaban J connectivity index is 2.38. The smallest absolute Gasteiger partial charge is 0.341 e. The van der Waals surface area contributed by atoms with E-state index >= 15 is 0 Å². The molecule has 0 saturated carbocycles. The first kappa shape index (κ1) is 16.7. The largest absolute Gasteiger partial charge is 0.481 e. The quantitative estimate of drug-likeness (QED) is 0.820. The minimum Gasteiger partial charge on any atom is -0.481 e. The van der Waals surface area contributed by atoms with Crippen LogP contribution in [0.2, 0.25) is 0 Å². The Labute approximate surface area is 138 Å². The van der Waals surface area contributed by atoms with Crippen LogP contribution in [0.15, 0.2) is 24.3 Å². The van der Waals surface area contributed by atoms with Crippen LogP contribution in [0.25, 0.3) is 11.6 Å². The van der Waals surface area contributed by atoms with Gasteiger partial charge in [0.05, 0.1) is 11.3 Å². The van der Waals surface area contributed by atoms with Gasteiger partial charge in [-0.05, 0) is 25.5 Å². The fourth-order valence-corrected chi connectivity index (χ4v) is 3.01. The lowest BCUT2D eigenvalue weighted by atomic mass is 10.1. The van der Waals surface area contributed by atoms with Crippen molar-refractivity contribution >= 4 is 29.0 Å². The normalized spacial score (nSPS) is 11.1. The molecule has 2 rings (SSSR count). The molecule has 0 unspecified atom stereocenters. The van der Waals surface area contributed by atoms with Gasteiger partial charge in [-0.15, -0.1) is 11.3 Å². The van der Waals surface area contributed by atoms with Gasteiger partial charge in [-0.3, -0.25) is 0 Å². The van der Waals surface area contributed by atoms with E-state index in [9.17, 15) is 10.1 Å². The van der Waals surface area contributed by atoms with Gasteiger partial charge in [0.25, 0.3) is 0 Å². The van der Waals surface area contributed by atoms with Gasteiger partial charge in [0.1, 0.15) is 16.8 Å². The zero-order valence-electron chi connectivity index (χ0n) is 12.9. The van der Waals surface area contributed by atoms with Crippen LogP contribution < -0.4 is 4.74 Å². The Hall–Kier alpha value is -2.65. The minimum absolute atomic E-state index is 0.423. The number of ether oxygens (including phenoxy) is 1. The third-order valence-electron chi connectivity index (χ3n) is 3.15. The Bertz CT molecular complexity index is 787. The van der Waals surface area contributed by atoms with E-state index in [1.807, 2.05) is 13.8 Å². The van der Waals surface area contributed by atoms with Crippen molar-refractivity contribution in [3.8, 4) is 11.8 Å².